The Morgan fingerprint density at radius 2 is 2.05 bits per heavy atom. The Bertz CT molecular complexity index is 593. The summed E-state index contributed by atoms with van der Waals surface area (Å²) in [5.74, 6) is 0.229. The smallest absolute Gasteiger partial charge is 0.208 e. The second kappa shape index (κ2) is 6.38. The maximum Gasteiger partial charge on any atom is 0.242 e. The maximum absolute atomic E-state index is 12.2. The van der Waals surface area contributed by atoms with Gasteiger partial charge in [-0.05, 0) is 31.0 Å². The molecule has 4 nitrogen and oxygen atoms in total. The Kier molecular flexibility index (Phi) is 5.36. The molecule has 19 heavy (non-hydrogen) atoms. The van der Waals surface area contributed by atoms with Gasteiger partial charge in [-0.15, -0.1) is 0 Å². The zero-order valence-corrected chi connectivity index (χ0v) is 12.7. The second-order valence-corrected chi connectivity index (χ2v) is 6.64. The molecule has 0 aliphatic heterocycles. The second-order valence-electron chi connectivity index (χ2n) is 4.55. The van der Waals surface area contributed by atoms with Crippen molar-refractivity contribution in [2.45, 2.75) is 38.1 Å². The summed E-state index contributed by atoms with van der Waals surface area (Å²) < 4.78 is 27.0. The van der Waals surface area contributed by atoms with E-state index in [-0.39, 0.29) is 21.9 Å². The van der Waals surface area contributed by atoms with Crippen LogP contribution in [0.15, 0.2) is 23.1 Å². The van der Waals surface area contributed by atoms with Gasteiger partial charge in [0, 0.05) is 6.04 Å². The van der Waals surface area contributed by atoms with Gasteiger partial charge in [-0.1, -0.05) is 31.9 Å². The molecule has 0 aromatic heterocycles. The van der Waals surface area contributed by atoms with Crippen LogP contribution in [-0.4, -0.2) is 14.5 Å². The van der Waals surface area contributed by atoms with E-state index in [1.807, 2.05) is 26.8 Å². The molecule has 0 bridgehead atoms. The highest BCUT2D eigenvalue weighted by Crippen LogP contribution is 2.23. The third-order valence-corrected chi connectivity index (χ3v) is 5.23. The van der Waals surface area contributed by atoms with Gasteiger partial charge >= 0.3 is 0 Å². The third-order valence-electron chi connectivity index (χ3n) is 3.19. The molecule has 6 heteroatoms. The first-order valence-corrected chi connectivity index (χ1v) is 7.90. The monoisotopic (exact) mass is 300 g/mol. The van der Waals surface area contributed by atoms with Gasteiger partial charge in [0.25, 0.3) is 0 Å². The fourth-order valence-electron chi connectivity index (χ4n) is 1.57. The van der Waals surface area contributed by atoms with Gasteiger partial charge in [0.2, 0.25) is 10.0 Å². The number of sulfonamides is 1. The van der Waals surface area contributed by atoms with Crippen LogP contribution >= 0.6 is 11.6 Å². The summed E-state index contributed by atoms with van der Waals surface area (Å²) >= 11 is 5.92. The first-order chi connectivity index (χ1) is 8.81. The van der Waals surface area contributed by atoms with Crippen molar-refractivity contribution in [2.75, 3.05) is 0 Å². The normalized spacial score (nSPS) is 14.7. The average molecular weight is 301 g/mol. The molecule has 0 fully saturated rings. The Balaban J connectivity index is 3.05. The lowest BCUT2D eigenvalue weighted by Crippen LogP contribution is -2.37. The number of benzene rings is 1. The average Bonchev–Trinajstić information content (AvgIpc) is 2.36. The van der Waals surface area contributed by atoms with Crippen LogP contribution in [0.2, 0.25) is 5.02 Å². The molecule has 0 spiro atoms. The lowest BCUT2D eigenvalue weighted by atomic mass is 10.0. The summed E-state index contributed by atoms with van der Waals surface area (Å²) in [5.41, 5.74) is 0.332. The van der Waals surface area contributed by atoms with Crippen molar-refractivity contribution in [3.8, 4) is 6.07 Å². The van der Waals surface area contributed by atoms with Gasteiger partial charge in [0.1, 0.15) is 4.90 Å². The molecule has 104 valence electrons. The van der Waals surface area contributed by atoms with Crippen LogP contribution in [0.4, 0.5) is 0 Å². The van der Waals surface area contributed by atoms with Crippen LogP contribution in [0.25, 0.3) is 0 Å². The molecule has 2 atom stereocenters. The highest BCUT2D eigenvalue weighted by Gasteiger charge is 2.22. The first kappa shape index (κ1) is 16.0. The molecule has 0 saturated heterocycles. The minimum atomic E-state index is -3.66. The Hall–Kier alpha value is -1.09. The summed E-state index contributed by atoms with van der Waals surface area (Å²) in [5, 5.41) is 8.79. The van der Waals surface area contributed by atoms with E-state index in [2.05, 4.69) is 4.72 Å². The van der Waals surface area contributed by atoms with Gasteiger partial charge in [0.05, 0.1) is 16.7 Å². The van der Waals surface area contributed by atoms with E-state index in [1.165, 1.54) is 18.2 Å². The van der Waals surface area contributed by atoms with Crippen LogP contribution in [-0.2, 0) is 10.0 Å². The van der Waals surface area contributed by atoms with Gasteiger partial charge in [-0.2, -0.15) is 5.26 Å². The maximum atomic E-state index is 12.2. The number of hydrogen-bond acceptors (Lipinski definition) is 3. The molecule has 1 N–H and O–H groups in total. The van der Waals surface area contributed by atoms with Gasteiger partial charge in [-0.3, -0.25) is 0 Å². The SMILES string of the molecule is CCC(C)C(C)NS(=O)(=O)c1ccc(C#N)cc1Cl. The van der Waals surface area contributed by atoms with E-state index in [0.717, 1.165) is 6.42 Å². The van der Waals surface area contributed by atoms with E-state index in [0.29, 0.717) is 5.56 Å². The van der Waals surface area contributed by atoms with Crippen molar-refractivity contribution in [1.82, 2.24) is 4.72 Å². The van der Waals surface area contributed by atoms with Crippen LogP contribution < -0.4 is 4.72 Å². The van der Waals surface area contributed by atoms with Crippen molar-refractivity contribution in [3.63, 3.8) is 0 Å². The van der Waals surface area contributed by atoms with Crippen LogP contribution in [0, 0.1) is 17.2 Å². The molecule has 0 aliphatic rings. The Morgan fingerprint density at radius 1 is 1.42 bits per heavy atom. The lowest BCUT2D eigenvalue weighted by molar-refractivity contribution is 0.434. The first-order valence-electron chi connectivity index (χ1n) is 6.03. The summed E-state index contributed by atoms with van der Waals surface area (Å²) in [6.45, 7) is 5.81. The van der Waals surface area contributed by atoms with Gasteiger partial charge < -0.3 is 0 Å². The van der Waals surface area contributed by atoms with E-state index in [1.54, 1.807) is 0 Å². The third kappa shape index (κ3) is 3.93. The van der Waals surface area contributed by atoms with Crippen molar-refractivity contribution in [1.29, 1.82) is 5.26 Å². The molecule has 0 amide bonds. The summed E-state index contributed by atoms with van der Waals surface area (Å²) in [4.78, 5) is 0.00307. The summed E-state index contributed by atoms with van der Waals surface area (Å²) in [6.07, 6.45) is 0.880. The minimum Gasteiger partial charge on any atom is -0.208 e. The van der Waals surface area contributed by atoms with Crippen LogP contribution in [0.3, 0.4) is 0 Å². The molecule has 1 rings (SSSR count). The van der Waals surface area contributed by atoms with Gasteiger partial charge in [0.15, 0.2) is 0 Å². The molecule has 0 heterocycles. The predicted molar refractivity (Wildman–Crippen MR) is 75.4 cm³/mol. The summed E-state index contributed by atoms with van der Waals surface area (Å²) in [6, 6.07) is 5.88. The molecule has 0 saturated carbocycles. The van der Waals surface area contributed by atoms with Crippen LogP contribution in [0.5, 0.6) is 0 Å². The predicted octanol–water partition coefficient (Wildman–Crippen LogP) is 2.92. The molecule has 1 aromatic rings. The number of nitrogens with zero attached hydrogens (tertiary/aromatic N) is 1. The Morgan fingerprint density at radius 3 is 2.53 bits per heavy atom. The molecule has 0 radical (unpaired) electrons. The Labute approximate surface area is 119 Å². The van der Waals surface area contributed by atoms with Crippen molar-refractivity contribution < 1.29 is 8.42 Å². The topological polar surface area (TPSA) is 70.0 Å². The van der Waals surface area contributed by atoms with Crippen molar-refractivity contribution in [3.05, 3.63) is 28.8 Å². The number of nitrogens with one attached hydrogen (secondary N) is 1. The van der Waals surface area contributed by atoms with Crippen molar-refractivity contribution in [2.24, 2.45) is 5.92 Å². The van der Waals surface area contributed by atoms with E-state index < -0.39 is 10.0 Å². The molecule has 0 aliphatic carbocycles. The zero-order chi connectivity index (χ0) is 14.6. The zero-order valence-electron chi connectivity index (χ0n) is 11.1. The summed E-state index contributed by atoms with van der Waals surface area (Å²) in [7, 11) is -3.66. The number of halogens is 1. The molecule has 2 unspecified atom stereocenters. The number of rotatable bonds is 5. The molecular formula is C13H17ClN2O2S. The van der Waals surface area contributed by atoms with E-state index in [9.17, 15) is 8.42 Å². The molecule has 1 aromatic carbocycles. The minimum absolute atomic E-state index is 0.00307. The van der Waals surface area contributed by atoms with Crippen LogP contribution in [0.1, 0.15) is 32.8 Å². The highest BCUT2D eigenvalue weighted by atomic mass is 35.5. The van der Waals surface area contributed by atoms with E-state index >= 15 is 0 Å². The molecular weight excluding hydrogens is 284 g/mol. The number of hydrogen-bond donors (Lipinski definition) is 1. The number of nitriles is 1. The van der Waals surface area contributed by atoms with Gasteiger partial charge in [-0.25, -0.2) is 13.1 Å². The fourth-order valence-corrected chi connectivity index (χ4v) is 3.46. The quantitative estimate of drug-likeness (QED) is 0.909. The van der Waals surface area contributed by atoms with E-state index in [4.69, 9.17) is 16.9 Å². The van der Waals surface area contributed by atoms with Crippen molar-refractivity contribution >= 4 is 21.6 Å². The highest BCUT2D eigenvalue weighted by molar-refractivity contribution is 7.89. The lowest BCUT2D eigenvalue weighted by Gasteiger charge is -2.20. The standard InChI is InChI=1S/C13H17ClN2O2S/c1-4-9(2)10(3)16-19(17,18)13-6-5-11(8-15)7-12(13)14/h5-7,9-10,16H,4H2,1-3H3. The fraction of sp³-hybridized carbons (Fsp3) is 0.462. The largest absolute Gasteiger partial charge is 0.242 e.